The molecule has 0 heterocycles. The van der Waals surface area contributed by atoms with E-state index in [1.54, 1.807) is 6.92 Å². The van der Waals surface area contributed by atoms with Gasteiger partial charge in [-0.1, -0.05) is 35.9 Å². The number of rotatable bonds is 6. The summed E-state index contributed by atoms with van der Waals surface area (Å²) in [6.07, 6.45) is 3.21. The normalized spacial score (nSPS) is 12.8. The maximum absolute atomic E-state index is 11.6. The molecule has 1 rings (SSSR count). The van der Waals surface area contributed by atoms with Gasteiger partial charge in [-0.3, -0.25) is 9.59 Å². The average molecular weight is 260 g/mol. The van der Waals surface area contributed by atoms with Crippen molar-refractivity contribution < 1.29 is 9.59 Å². The van der Waals surface area contributed by atoms with Crippen LogP contribution < -0.4 is 11.1 Å². The molecule has 0 aliphatic heterocycles. The summed E-state index contributed by atoms with van der Waals surface area (Å²) in [4.78, 5) is 22.4. The average Bonchev–Trinajstić information content (AvgIpc) is 2.37. The first-order valence-corrected chi connectivity index (χ1v) is 6.30. The summed E-state index contributed by atoms with van der Waals surface area (Å²) in [5.41, 5.74) is 7.28. The van der Waals surface area contributed by atoms with Crippen molar-refractivity contribution in [2.24, 2.45) is 5.73 Å². The Hall–Kier alpha value is -2.10. The van der Waals surface area contributed by atoms with E-state index in [0.717, 1.165) is 18.4 Å². The fourth-order valence-electron chi connectivity index (χ4n) is 1.61. The fraction of sp³-hybridized carbons (Fsp3) is 0.333. The van der Waals surface area contributed by atoms with E-state index in [-0.39, 0.29) is 5.91 Å². The summed E-state index contributed by atoms with van der Waals surface area (Å²) in [6.45, 7) is 3.46. The maximum Gasteiger partial charge on any atom is 0.244 e. The molecule has 0 aromatic heterocycles. The van der Waals surface area contributed by atoms with E-state index in [0.29, 0.717) is 0 Å². The zero-order valence-electron chi connectivity index (χ0n) is 11.3. The second-order valence-corrected chi connectivity index (χ2v) is 4.61. The minimum absolute atomic E-state index is 0.281. The van der Waals surface area contributed by atoms with Crippen molar-refractivity contribution in [3.8, 4) is 0 Å². The van der Waals surface area contributed by atoms with Gasteiger partial charge in [-0.15, -0.1) is 0 Å². The third-order valence-electron chi connectivity index (χ3n) is 2.81. The molecular weight excluding hydrogens is 240 g/mol. The molecule has 1 atom stereocenters. The van der Waals surface area contributed by atoms with Gasteiger partial charge in [0.2, 0.25) is 11.8 Å². The number of nitrogens with one attached hydrogen (secondary N) is 1. The molecule has 0 saturated heterocycles. The Morgan fingerprint density at radius 1 is 1.32 bits per heavy atom. The Morgan fingerprint density at radius 3 is 2.53 bits per heavy atom. The lowest BCUT2D eigenvalue weighted by Gasteiger charge is -2.08. The number of primary amides is 1. The molecule has 0 radical (unpaired) electrons. The molecule has 0 bridgehead atoms. The topological polar surface area (TPSA) is 72.2 Å². The van der Waals surface area contributed by atoms with Crippen LogP contribution in [0, 0.1) is 0 Å². The highest BCUT2D eigenvalue weighted by Gasteiger charge is 2.10. The van der Waals surface area contributed by atoms with Crippen molar-refractivity contribution in [2.45, 2.75) is 32.7 Å². The molecule has 0 saturated carbocycles. The van der Waals surface area contributed by atoms with Gasteiger partial charge < -0.3 is 11.1 Å². The lowest BCUT2D eigenvalue weighted by molar-refractivity contribution is -0.124. The van der Waals surface area contributed by atoms with Crippen LogP contribution in [0.2, 0.25) is 0 Å². The van der Waals surface area contributed by atoms with Crippen LogP contribution in [0.3, 0.4) is 0 Å². The van der Waals surface area contributed by atoms with Crippen molar-refractivity contribution >= 4 is 11.8 Å². The molecular formula is C15H20N2O2. The quantitative estimate of drug-likeness (QED) is 0.762. The molecule has 2 amide bonds. The number of aryl methyl sites for hydroxylation is 1. The smallest absolute Gasteiger partial charge is 0.244 e. The molecule has 19 heavy (non-hydrogen) atoms. The fourth-order valence-corrected chi connectivity index (χ4v) is 1.61. The summed E-state index contributed by atoms with van der Waals surface area (Å²) in [5, 5.41) is 2.52. The zero-order valence-corrected chi connectivity index (χ0v) is 11.3. The van der Waals surface area contributed by atoms with Gasteiger partial charge in [0.25, 0.3) is 0 Å². The number of benzene rings is 1. The van der Waals surface area contributed by atoms with E-state index < -0.39 is 11.9 Å². The van der Waals surface area contributed by atoms with E-state index in [9.17, 15) is 9.59 Å². The van der Waals surface area contributed by atoms with Crippen molar-refractivity contribution in [3.63, 3.8) is 0 Å². The van der Waals surface area contributed by atoms with Gasteiger partial charge in [0, 0.05) is 6.08 Å². The Kier molecular flexibility index (Phi) is 5.79. The van der Waals surface area contributed by atoms with Crippen LogP contribution in [0.5, 0.6) is 0 Å². The minimum Gasteiger partial charge on any atom is -0.368 e. The van der Waals surface area contributed by atoms with Crippen molar-refractivity contribution in [1.82, 2.24) is 5.32 Å². The van der Waals surface area contributed by atoms with E-state index in [2.05, 4.69) is 17.4 Å². The van der Waals surface area contributed by atoms with E-state index in [4.69, 9.17) is 5.73 Å². The van der Waals surface area contributed by atoms with Crippen LogP contribution >= 0.6 is 0 Å². The molecule has 1 aromatic rings. The first-order valence-electron chi connectivity index (χ1n) is 6.30. The van der Waals surface area contributed by atoms with Gasteiger partial charge >= 0.3 is 0 Å². The van der Waals surface area contributed by atoms with Crippen LogP contribution in [0.4, 0.5) is 0 Å². The second-order valence-electron chi connectivity index (χ2n) is 4.61. The number of carbonyl (C=O) groups is 2. The molecule has 3 N–H and O–H groups in total. The van der Waals surface area contributed by atoms with Crippen LogP contribution in [0.15, 0.2) is 42.0 Å². The number of carbonyl (C=O) groups excluding carboxylic acids is 2. The third kappa shape index (κ3) is 5.86. The summed E-state index contributed by atoms with van der Waals surface area (Å²) in [7, 11) is 0. The van der Waals surface area contributed by atoms with Crippen molar-refractivity contribution in [2.75, 3.05) is 0 Å². The summed E-state index contributed by atoms with van der Waals surface area (Å²) in [6, 6.07) is 9.44. The first kappa shape index (κ1) is 15.0. The number of hydrogen-bond acceptors (Lipinski definition) is 2. The monoisotopic (exact) mass is 260 g/mol. The zero-order chi connectivity index (χ0) is 14.3. The second kappa shape index (κ2) is 7.36. The minimum atomic E-state index is -0.648. The summed E-state index contributed by atoms with van der Waals surface area (Å²) < 4.78 is 0. The third-order valence-corrected chi connectivity index (χ3v) is 2.81. The number of hydrogen-bond donors (Lipinski definition) is 2. The molecule has 1 unspecified atom stereocenters. The maximum atomic E-state index is 11.6. The molecule has 0 fully saturated rings. The van der Waals surface area contributed by atoms with Gasteiger partial charge in [-0.05, 0) is 32.3 Å². The van der Waals surface area contributed by atoms with Crippen LogP contribution in [-0.4, -0.2) is 17.9 Å². The van der Waals surface area contributed by atoms with E-state index >= 15 is 0 Å². The molecule has 102 valence electrons. The molecule has 1 aromatic carbocycles. The van der Waals surface area contributed by atoms with E-state index in [1.807, 2.05) is 25.1 Å². The predicted octanol–water partition coefficient (Wildman–Crippen LogP) is 1.56. The van der Waals surface area contributed by atoms with Crippen LogP contribution in [0.25, 0.3) is 0 Å². The lowest BCUT2D eigenvalue weighted by Crippen LogP contribution is -2.41. The molecule has 4 heteroatoms. The Balaban J connectivity index is 2.44. The van der Waals surface area contributed by atoms with Gasteiger partial charge in [-0.25, -0.2) is 0 Å². The Labute approximate surface area is 113 Å². The standard InChI is InChI=1S/C15H20N2O2/c1-11(8-9-13-6-4-3-5-7-13)10-14(18)17-12(2)15(16)19/h3-7,10,12H,8-9H2,1-2H3,(H2,16,19)(H,17,18). The Bertz CT molecular complexity index is 466. The SMILES string of the molecule is CC(=CC(=O)NC(C)C(N)=O)CCc1ccccc1. The highest BCUT2D eigenvalue weighted by molar-refractivity contribution is 5.92. The predicted molar refractivity (Wildman–Crippen MR) is 75.3 cm³/mol. The molecule has 4 nitrogen and oxygen atoms in total. The molecule has 0 aliphatic rings. The molecule has 0 spiro atoms. The number of amides is 2. The summed E-state index contributed by atoms with van der Waals surface area (Å²) in [5.74, 6) is -0.819. The van der Waals surface area contributed by atoms with Crippen molar-refractivity contribution in [3.05, 3.63) is 47.5 Å². The summed E-state index contributed by atoms with van der Waals surface area (Å²) >= 11 is 0. The van der Waals surface area contributed by atoms with Crippen LogP contribution in [0.1, 0.15) is 25.8 Å². The largest absolute Gasteiger partial charge is 0.368 e. The van der Waals surface area contributed by atoms with Gasteiger partial charge in [-0.2, -0.15) is 0 Å². The van der Waals surface area contributed by atoms with E-state index in [1.165, 1.54) is 11.6 Å². The highest BCUT2D eigenvalue weighted by atomic mass is 16.2. The van der Waals surface area contributed by atoms with Crippen LogP contribution in [-0.2, 0) is 16.0 Å². The Morgan fingerprint density at radius 2 is 1.95 bits per heavy atom. The lowest BCUT2D eigenvalue weighted by atomic mass is 10.1. The highest BCUT2D eigenvalue weighted by Crippen LogP contribution is 2.08. The first-order chi connectivity index (χ1) is 8.99. The van der Waals surface area contributed by atoms with Crippen molar-refractivity contribution in [1.29, 1.82) is 0 Å². The van der Waals surface area contributed by atoms with Gasteiger partial charge in [0.15, 0.2) is 0 Å². The van der Waals surface area contributed by atoms with Gasteiger partial charge in [0.05, 0.1) is 0 Å². The number of nitrogens with two attached hydrogens (primary N) is 1. The molecule has 0 aliphatic carbocycles. The van der Waals surface area contributed by atoms with Gasteiger partial charge in [0.1, 0.15) is 6.04 Å². The number of allylic oxidation sites excluding steroid dienone is 1.